The summed E-state index contributed by atoms with van der Waals surface area (Å²) in [5, 5.41) is 0. The first-order valence-electron chi connectivity index (χ1n) is 20.0. The quantitative estimate of drug-likeness (QED) is 0.0694. The third-order valence-corrected chi connectivity index (χ3v) is 9.35. The van der Waals surface area contributed by atoms with Crippen molar-refractivity contribution in [2.75, 3.05) is 0 Å². The second-order valence-electron chi connectivity index (χ2n) is 13.8. The Morgan fingerprint density at radius 2 is 0.717 bits per heavy atom. The van der Waals surface area contributed by atoms with Gasteiger partial charge < -0.3 is 0 Å². The molecule has 2 aromatic carbocycles. The zero-order chi connectivity index (χ0) is 33.2. The summed E-state index contributed by atoms with van der Waals surface area (Å²) in [4.78, 5) is 10.8. The lowest BCUT2D eigenvalue weighted by molar-refractivity contribution is 0.546. The van der Waals surface area contributed by atoms with Crippen molar-refractivity contribution in [2.24, 2.45) is 9.98 Å². The zero-order valence-corrected chi connectivity index (χ0v) is 31.3. The van der Waals surface area contributed by atoms with Gasteiger partial charge in [0.15, 0.2) is 0 Å². The van der Waals surface area contributed by atoms with Gasteiger partial charge in [-0.25, -0.2) is 0 Å². The van der Waals surface area contributed by atoms with E-state index in [0.29, 0.717) is 0 Å². The molecule has 46 heavy (non-hydrogen) atoms. The second kappa shape index (κ2) is 25.8. The highest BCUT2D eigenvalue weighted by atomic mass is 14.8. The molecular formula is C44H72N2. The molecule has 0 atom stereocenters. The largest absolute Gasteiger partial charge is 0.252 e. The molecule has 0 aliphatic heterocycles. The Bertz CT molecular complexity index is 1120. The van der Waals surface area contributed by atoms with Gasteiger partial charge in [0.05, 0.1) is 22.8 Å². The summed E-state index contributed by atoms with van der Waals surface area (Å²) in [5.41, 5.74) is 10.6. The predicted molar refractivity (Wildman–Crippen MR) is 208 cm³/mol. The lowest BCUT2D eigenvalue weighted by atomic mass is 9.98. The Morgan fingerprint density at radius 1 is 0.370 bits per heavy atom. The van der Waals surface area contributed by atoms with Crippen molar-refractivity contribution in [1.82, 2.24) is 0 Å². The van der Waals surface area contributed by atoms with E-state index in [1.165, 1.54) is 143 Å². The minimum absolute atomic E-state index is 1.00. The molecule has 2 nitrogen and oxygen atoms in total. The van der Waals surface area contributed by atoms with Crippen LogP contribution in [0, 0.1) is 0 Å². The van der Waals surface area contributed by atoms with E-state index in [2.05, 4.69) is 77.9 Å². The Balaban J connectivity index is 2.27. The monoisotopic (exact) mass is 629 g/mol. The Morgan fingerprint density at radius 3 is 1.11 bits per heavy atom. The van der Waals surface area contributed by atoms with Crippen molar-refractivity contribution in [3.8, 4) is 0 Å². The van der Waals surface area contributed by atoms with Gasteiger partial charge in [-0.1, -0.05) is 156 Å². The van der Waals surface area contributed by atoms with Crippen molar-refractivity contribution in [2.45, 2.75) is 196 Å². The molecule has 2 rings (SSSR count). The average Bonchev–Trinajstić information content (AvgIpc) is 3.05. The number of unbranched alkanes of at least 4 members (excludes halogenated alkanes) is 12. The first-order valence-corrected chi connectivity index (χ1v) is 20.0. The van der Waals surface area contributed by atoms with Crippen LogP contribution in [0.2, 0.25) is 0 Å². The van der Waals surface area contributed by atoms with E-state index in [0.717, 1.165) is 56.3 Å². The van der Waals surface area contributed by atoms with Gasteiger partial charge in [0.2, 0.25) is 0 Å². The fourth-order valence-corrected chi connectivity index (χ4v) is 6.71. The normalized spacial score (nSPS) is 12.3. The minimum Gasteiger partial charge on any atom is -0.252 e. The third kappa shape index (κ3) is 16.1. The van der Waals surface area contributed by atoms with Gasteiger partial charge in [0.25, 0.3) is 0 Å². The van der Waals surface area contributed by atoms with E-state index in [-0.39, 0.29) is 0 Å². The molecular weight excluding hydrogens is 556 g/mol. The molecule has 0 amide bonds. The average molecular weight is 629 g/mol. The number of aliphatic imine (C=N–C) groups is 2. The standard InChI is InChI=1S/C44H72N2/c1-7-13-15-16-17-18-19-20-21-22-23-24-30-44(46-42-34-32-38(26-10-4)40(36-42)28-12-6)43(29-14-8-2)45-41-33-31-37(25-9-3)39(35-41)27-11-5/h31-36H,7-30H2,1-6H3. The van der Waals surface area contributed by atoms with Crippen molar-refractivity contribution >= 4 is 22.8 Å². The van der Waals surface area contributed by atoms with E-state index in [9.17, 15) is 0 Å². The molecule has 0 radical (unpaired) electrons. The molecule has 0 heterocycles. The maximum Gasteiger partial charge on any atom is 0.0636 e. The van der Waals surface area contributed by atoms with Gasteiger partial charge in [-0.05, 0) is 97.9 Å². The summed E-state index contributed by atoms with van der Waals surface area (Å²) in [6.07, 6.45) is 30.1. The van der Waals surface area contributed by atoms with E-state index in [1.807, 2.05) is 0 Å². The molecule has 0 saturated heterocycles. The molecule has 0 bridgehead atoms. The van der Waals surface area contributed by atoms with Crippen molar-refractivity contribution in [1.29, 1.82) is 0 Å². The Hall–Kier alpha value is -2.22. The van der Waals surface area contributed by atoms with Crippen molar-refractivity contribution < 1.29 is 0 Å². The zero-order valence-electron chi connectivity index (χ0n) is 31.3. The fourth-order valence-electron chi connectivity index (χ4n) is 6.71. The van der Waals surface area contributed by atoms with Crippen molar-refractivity contribution in [3.05, 3.63) is 58.7 Å². The van der Waals surface area contributed by atoms with E-state index in [4.69, 9.17) is 9.98 Å². The molecule has 0 unspecified atom stereocenters. The first-order chi connectivity index (χ1) is 22.6. The van der Waals surface area contributed by atoms with Gasteiger partial charge in [0.1, 0.15) is 0 Å². The summed E-state index contributed by atoms with van der Waals surface area (Å²) >= 11 is 0. The highest BCUT2D eigenvalue weighted by molar-refractivity contribution is 6.43. The molecule has 258 valence electrons. The third-order valence-electron chi connectivity index (χ3n) is 9.35. The van der Waals surface area contributed by atoms with Crippen LogP contribution in [0.3, 0.4) is 0 Å². The van der Waals surface area contributed by atoms with Crippen LogP contribution in [0.25, 0.3) is 0 Å². The molecule has 0 aromatic heterocycles. The number of rotatable bonds is 27. The molecule has 0 aliphatic carbocycles. The van der Waals surface area contributed by atoms with Gasteiger partial charge >= 0.3 is 0 Å². The van der Waals surface area contributed by atoms with Gasteiger partial charge in [-0.15, -0.1) is 0 Å². The van der Waals surface area contributed by atoms with Crippen LogP contribution in [0.1, 0.15) is 192 Å². The van der Waals surface area contributed by atoms with Crippen LogP contribution in [0.5, 0.6) is 0 Å². The Kier molecular flexibility index (Phi) is 22.4. The summed E-state index contributed by atoms with van der Waals surface area (Å²) < 4.78 is 0. The fraction of sp³-hybridized carbons (Fsp3) is 0.682. The number of hydrogen-bond acceptors (Lipinski definition) is 2. The topological polar surface area (TPSA) is 24.7 Å². The van der Waals surface area contributed by atoms with E-state index < -0.39 is 0 Å². The number of aryl methyl sites for hydroxylation is 4. The second-order valence-corrected chi connectivity index (χ2v) is 13.8. The highest BCUT2D eigenvalue weighted by Crippen LogP contribution is 2.26. The summed E-state index contributed by atoms with van der Waals surface area (Å²) in [7, 11) is 0. The predicted octanol–water partition coefficient (Wildman–Crippen LogP) is 14.6. The number of nitrogens with zero attached hydrogens (tertiary/aromatic N) is 2. The lowest BCUT2D eigenvalue weighted by Gasteiger charge is -2.14. The minimum atomic E-state index is 1.00. The van der Waals surface area contributed by atoms with Gasteiger partial charge in [0, 0.05) is 0 Å². The summed E-state index contributed by atoms with van der Waals surface area (Å²) in [5.74, 6) is 0. The molecule has 0 fully saturated rings. The SMILES string of the molecule is CCCCCCCCCCCCCCC(=Nc1ccc(CCC)c(CCC)c1)C(CCCC)=Nc1ccc(CCC)c(CCC)c1. The van der Waals surface area contributed by atoms with Crippen LogP contribution >= 0.6 is 0 Å². The number of benzene rings is 2. The molecule has 0 saturated carbocycles. The van der Waals surface area contributed by atoms with E-state index in [1.54, 1.807) is 0 Å². The van der Waals surface area contributed by atoms with Crippen molar-refractivity contribution in [3.63, 3.8) is 0 Å². The van der Waals surface area contributed by atoms with Crippen LogP contribution in [0.15, 0.2) is 46.4 Å². The number of hydrogen-bond donors (Lipinski definition) is 0. The first kappa shape index (κ1) is 40.0. The molecule has 0 spiro atoms. The summed E-state index contributed by atoms with van der Waals surface area (Å²) in [6.45, 7) is 13.7. The lowest BCUT2D eigenvalue weighted by Crippen LogP contribution is -2.14. The maximum atomic E-state index is 5.43. The molecule has 2 aromatic rings. The molecule has 2 heteroatoms. The summed E-state index contributed by atoms with van der Waals surface area (Å²) in [6, 6.07) is 14.0. The van der Waals surface area contributed by atoms with Gasteiger partial charge in [-0.2, -0.15) is 0 Å². The smallest absolute Gasteiger partial charge is 0.0636 e. The molecule has 0 N–H and O–H groups in total. The van der Waals surface area contributed by atoms with Crippen LogP contribution in [-0.2, 0) is 25.7 Å². The highest BCUT2D eigenvalue weighted by Gasteiger charge is 2.13. The van der Waals surface area contributed by atoms with Crippen LogP contribution in [-0.4, -0.2) is 11.4 Å². The van der Waals surface area contributed by atoms with E-state index >= 15 is 0 Å². The van der Waals surface area contributed by atoms with Gasteiger partial charge in [-0.3, -0.25) is 9.98 Å². The Labute approximate surface area is 286 Å². The molecule has 0 aliphatic rings. The maximum absolute atomic E-state index is 5.43. The van der Waals surface area contributed by atoms with Crippen LogP contribution < -0.4 is 0 Å². The van der Waals surface area contributed by atoms with Crippen LogP contribution in [0.4, 0.5) is 11.4 Å².